The van der Waals surface area contributed by atoms with Crippen molar-refractivity contribution >= 4 is 23.9 Å². The lowest BCUT2D eigenvalue weighted by atomic mass is 10.0. The molecular weight excluding hydrogens is 424 g/mol. The van der Waals surface area contributed by atoms with Crippen molar-refractivity contribution in [3.05, 3.63) is 46.3 Å². The summed E-state index contributed by atoms with van der Waals surface area (Å²) in [5.41, 5.74) is 3.16. The Kier molecular flexibility index (Phi) is 5.90. The van der Waals surface area contributed by atoms with Crippen LogP contribution < -0.4 is 4.90 Å². The summed E-state index contributed by atoms with van der Waals surface area (Å²) < 4.78 is 12.4. The first kappa shape index (κ1) is 22.8. The molecule has 1 amide bonds. The second kappa shape index (κ2) is 8.53. The fourth-order valence-electron chi connectivity index (χ4n) is 4.29. The summed E-state index contributed by atoms with van der Waals surface area (Å²) in [4.78, 5) is 46.2. The Labute approximate surface area is 193 Å². The lowest BCUT2D eigenvalue weighted by Gasteiger charge is -2.27. The summed E-state index contributed by atoms with van der Waals surface area (Å²) in [6.45, 7) is 10.8. The molecule has 0 unspecified atom stereocenters. The third-order valence-corrected chi connectivity index (χ3v) is 5.78. The van der Waals surface area contributed by atoms with Gasteiger partial charge in [-0.05, 0) is 44.9 Å². The predicted octanol–water partition coefficient (Wildman–Crippen LogP) is 3.27. The first-order chi connectivity index (χ1) is 15.6. The number of ether oxygens (including phenoxy) is 2. The average Bonchev–Trinajstić information content (AvgIpc) is 3.33. The van der Waals surface area contributed by atoms with Crippen molar-refractivity contribution in [2.75, 3.05) is 18.1 Å². The molecule has 0 bridgehead atoms. The Bertz CT molecular complexity index is 1110. The molecule has 0 spiro atoms. The minimum atomic E-state index is -0.689. The number of nitrogens with zero attached hydrogens (tertiary/aromatic N) is 4. The third-order valence-electron chi connectivity index (χ3n) is 5.78. The third kappa shape index (κ3) is 4.44. The van der Waals surface area contributed by atoms with Crippen LogP contribution in [0.4, 0.5) is 10.7 Å². The summed E-state index contributed by atoms with van der Waals surface area (Å²) in [5, 5.41) is 0. The molecule has 9 nitrogen and oxygen atoms in total. The fraction of sp³-hybridized carbons (Fsp3) is 0.500. The Morgan fingerprint density at radius 3 is 2.55 bits per heavy atom. The fourth-order valence-corrected chi connectivity index (χ4v) is 4.29. The van der Waals surface area contributed by atoms with Gasteiger partial charge < -0.3 is 19.3 Å². The highest BCUT2D eigenvalue weighted by Gasteiger charge is 2.35. The zero-order chi connectivity index (χ0) is 23.9. The van der Waals surface area contributed by atoms with Gasteiger partial charge in [0.2, 0.25) is 11.9 Å². The second-order valence-electron chi connectivity index (χ2n) is 9.33. The SMILES string of the molecule is CCOC(=O)c1cccc2c1CN(c1nc3c(n1C(=O)OC(C)(C)C)CN(C(C)=O)CC3)C2. The summed E-state index contributed by atoms with van der Waals surface area (Å²) >= 11 is 0. The zero-order valence-electron chi connectivity index (χ0n) is 19.8. The lowest BCUT2D eigenvalue weighted by molar-refractivity contribution is -0.129. The van der Waals surface area contributed by atoms with Crippen molar-refractivity contribution in [1.82, 2.24) is 14.5 Å². The topological polar surface area (TPSA) is 94.0 Å². The van der Waals surface area contributed by atoms with Gasteiger partial charge in [0.05, 0.1) is 30.1 Å². The van der Waals surface area contributed by atoms with Gasteiger partial charge >= 0.3 is 12.1 Å². The second-order valence-corrected chi connectivity index (χ2v) is 9.33. The van der Waals surface area contributed by atoms with Crippen LogP contribution in [0.15, 0.2) is 18.2 Å². The molecule has 0 atom stereocenters. The van der Waals surface area contributed by atoms with Crippen LogP contribution in [0.25, 0.3) is 0 Å². The van der Waals surface area contributed by atoms with E-state index in [9.17, 15) is 14.4 Å². The molecule has 9 heteroatoms. The van der Waals surface area contributed by atoms with Crippen LogP contribution >= 0.6 is 0 Å². The van der Waals surface area contributed by atoms with Gasteiger partial charge in [0.1, 0.15) is 5.60 Å². The van der Waals surface area contributed by atoms with Crippen molar-refractivity contribution < 1.29 is 23.9 Å². The van der Waals surface area contributed by atoms with Gasteiger partial charge in [0.25, 0.3) is 0 Å². The average molecular weight is 455 g/mol. The minimum Gasteiger partial charge on any atom is -0.462 e. The van der Waals surface area contributed by atoms with E-state index >= 15 is 0 Å². The quantitative estimate of drug-likeness (QED) is 0.657. The van der Waals surface area contributed by atoms with Crippen LogP contribution in [0, 0.1) is 0 Å². The molecule has 0 fully saturated rings. The van der Waals surface area contributed by atoms with Gasteiger partial charge in [-0.15, -0.1) is 0 Å². The molecule has 2 aliphatic rings. The number of amides is 1. The standard InChI is InChI=1S/C24H30N4O5/c1-6-32-21(30)17-9-7-8-16-12-27(13-18(16)17)22-25-19-10-11-26(15(2)29)14-20(19)28(22)23(31)33-24(3,4)5/h7-9H,6,10-14H2,1-5H3. The zero-order valence-corrected chi connectivity index (χ0v) is 19.8. The Morgan fingerprint density at radius 1 is 1.12 bits per heavy atom. The number of esters is 1. The highest BCUT2D eigenvalue weighted by molar-refractivity contribution is 5.92. The maximum Gasteiger partial charge on any atom is 0.421 e. The molecule has 0 saturated heterocycles. The first-order valence-electron chi connectivity index (χ1n) is 11.2. The summed E-state index contributed by atoms with van der Waals surface area (Å²) in [6, 6.07) is 5.57. The predicted molar refractivity (Wildman–Crippen MR) is 121 cm³/mol. The number of anilines is 1. The maximum absolute atomic E-state index is 13.3. The Morgan fingerprint density at radius 2 is 1.88 bits per heavy atom. The van der Waals surface area contributed by atoms with Crippen molar-refractivity contribution in [1.29, 1.82) is 0 Å². The number of carbonyl (C=O) groups excluding carboxylic acids is 3. The summed E-state index contributed by atoms with van der Waals surface area (Å²) in [6.07, 6.45) is 0.0327. The highest BCUT2D eigenvalue weighted by atomic mass is 16.6. The molecule has 1 aromatic carbocycles. The summed E-state index contributed by atoms with van der Waals surface area (Å²) in [7, 11) is 0. The number of hydrogen-bond donors (Lipinski definition) is 0. The molecule has 33 heavy (non-hydrogen) atoms. The number of benzene rings is 1. The van der Waals surface area contributed by atoms with Crippen molar-refractivity contribution in [3.8, 4) is 0 Å². The van der Waals surface area contributed by atoms with Gasteiger partial charge in [-0.1, -0.05) is 12.1 Å². The molecule has 0 saturated carbocycles. The van der Waals surface area contributed by atoms with Crippen LogP contribution in [-0.2, 0) is 40.3 Å². The highest BCUT2D eigenvalue weighted by Crippen LogP contribution is 2.33. The monoisotopic (exact) mass is 454 g/mol. The number of hydrogen-bond acceptors (Lipinski definition) is 7. The number of imidazole rings is 1. The molecule has 2 aliphatic heterocycles. The van der Waals surface area contributed by atoms with E-state index < -0.39 is 11.7 Å². The molecule has 3 heterocycles. The van der Waals surface area contributed by atoms with Gasteiger partial charge in [0, 0.05) is 33.0 Å². The smallest absolute Gasteiger partial charge is 0.421 e. The molecule has 0 radical (unpaired) electrons. The van der Waals surface area contributed by atoms with Crippen LogP contribution in [0.1, 0.15) is 67.5 Å². The van der Waals surface area contributed by atoms with Crippen LogP contribution in [-0.4, -0.2) is 51.2 Å². The lowest BCUT2D eigenvalue weighted by Crippen LogP contribution is -2.37. The number of carbonyl (C=O) groups is 3. The Balaban J connectivity index is 1.73. The van der Waals surface area contributed by atoms with Crippen molar-refractivity contribution in [2.45, 2.75) is 66.3 Å². The van der Waals surface area contributed by atoms with Gasteiger partial charge in [-0.3, -0.25) is 4.79 Å². The van der Waals surface area contributed by atoms with E-state index in [0.717, 1.165) is 16.8 Å². The van der Waals surface area contributed by atoms with Crippen molar-refractivity contribution in [3.63, 3.8) is 0 Å². The molecule has 2 aromatic rings. The molecule has 0 N–H and O–H groups in total. The van der Waals surface area contributed by atoms with E-state index in [0.29, 0.717) is 56.4 Å². The number of rotatable bonds is 3. The van der Waals surface area contributed by atoms with Gasteiger partial charge in [-0.25, -0.2) is 19.1 Å². The molecule has 4 rings (SSSR count). The van der Waals surface area contributed by atoms with Crippen molar-refractivity contribution in [2.24, 2.45) is 0 Å². The van der Waals surface area contributed by atoms with E-state index in [1.807, 2.05) is 37.8 Å². The van der Waals surface area contributed by atoms with E-state index in [2.05, 4.69) is 0 Å². The van der Waals surface area contributed by atoms with Gasteiger partial charge in [0.15, 0.2) is 0 Å². The van der Waals surface area contributed by atoms with E-state index in [4.69, 9.17) is 14.5 Å². The summed E-state index contributed by atoms with van der Waals surface area (Å²) in [5.74, 6) is 0.0561. The molecule has 176 valence electrons. The van der Waals surface area contributed by atoms with Crippen LogP contribution in [0.3, 0.4) is 0 Å². The normalized spacial score (nSPS) is 15.2. The van der Waals surface area contributed by atoms with E-state index in [1.54, 1.807) is 17.9 Å². The van der Waals surface area contributed by atoms with E-state index in [-0.39, 0.29) is 11.9 Å². The first-order valence-corrected chi connectivity index (χ1v) is 11.2. The van der Waals surface area contributed by atoms with E-state index in [1.165, 1.54) is 11.5 Å². The molecular formula is C24H30N4O5. The molecule has 1 aromatic heterocycles. The van der Waals surface area contributed by atoms with Crippen LogP contribution in [0.5, 0.6) is 0 Å². The largest absolute Gasteiger partial charge is 0.462 e. The number of aromatic nitrogens is 2. The maximum atomic E-state index is 13.3. The van der Waals surface area contributed by atoms with Gasteiger partial charge in [-0.2, -0.15) is 0 Å². The van der Waals surface area contributed by atoms with Crippen LogP contribution in [0.2, 0.25) is 0 Å². The number of fused-ring (bicyclic) bond motifs is 2. The molecule has 0 aliphatic carbocycles. The minimum absolute atomic E-state index is 0.0493. The Hall–Kier alpha value is -3.36.